The molecule has 2 rings (SSSR count). The lowest BCUT2D eigenvalue weighted by atomic mass is 10.2. The molecule has 0 aliphatic heterocycles. The van der Waals surface area contributed by atoms with E-state index in [1.807, 2.05) is 42.1 Å². The van der Waals surface area contributed by atoms with E-state index in [4.69, 9.17) is 16.3 Å². The number of aryl methyl sites for hydroxylation is 1. The van der Waals surface area contributed by atoms with Crippen LogP contribution in [0.1, 0.15) is 12.5 Å². The Labute approximate surface area is 99.6 Å². The fourth-order valence-corrected chi connectivity index (χ4v) is 1.53. The second kappa shape index (κ2) is 5.03. The van der Waals surface area contributed by atoms with Crippen LogP contribution in [-0.2, 0) is 12.4 Å². The summed E-state index contributed by atoms with van der Waals surface area (Å²) in [7, 11) is 0. The van der Waals surface area contributed by atoms with Crippen LogP contribution in [-0.4, -0.2) is 9.78 Å². The van der Waals surface area contributed by atoms with Crippen molar-refractivity contribution in [2.75, 3.05) is 0 Å². The summed E-state index contributed by atoms with van der Waals surface area (Å²) in [4.78, 5) is 0. The van der Waals surface area contributed by atoms with E-state index in [0.717, 1.165) is 23.6 Å². The van der Waals surface area contributed by atoms with Crippen molar-refractivity contribution in [2.24, 2.45) is 0 Å². The van der Waals surface area contributed by atoms with Gasteiger partial charge in [0.1, 0.15) is 5.75 Å². The third-order valence-electron chi connectivity index (χ3n) is 2.25. The molecule has 0 N–H and O–H groups in total. The molecule has 3 nitrogen and oxygen atoms in total. The Morgan fingerprint density at radius 2 is 2.00 bits per heavy atom. The van der Waals surface area contributed by atoms with Gasteiger partial charge in [-0.05, 0) is 24.6 Å². The van der Waals surface area contributed by atoms with Crippen LogP contribution in [0.2, 0.25) is 0 Å². The van der Waals surface area contributed by atoms with E-state index in [9.17, 15) is 0 Å². The van der Waals surface area contributed by atoms with E-state index in [2.05, 4.69) is 5.10 Å². The van der Waals surface area contributed by atoms with Gasteiger partial charge in [0.15, 0.2) is 5.75 Å². The maximum atomic E-state index is 5.71. The van der Waals surface area contributed by atoms with Gasteiger partial charge in [0.25, 0.3) is 0 Å². The molecule has 0 aliphatic rings. The summed E-state index contributed by atoms with van der Waals surface area (Å²) in [5, 5.41) is 4.14. The minimum absolute atomic E-state index is 0.522. The molecular weight excluding hydrogens is 224 g/mol. The highest BCUT2D eigenvalue weighted by Crippen LogP contribution is 2.21. The Kier molecular flexibility index (Phi) is 3.47. The molecule has 0 spiro atoms. The van der Waals surface area contributed by atoms with Crippen molar-refractivity contribution in [3.8, 4) is 11.5 Å². The van der Waals surface area contributed by atoms with Crippen LogP contribution >= 0.6 is 11.6 Å². The van der Waals surface area contributed by atoms with Crippen molar-refractivity contribution >= 4 is 11.6 Å². The number of hydrogen-bond donors (Lipinski definition) is 0. The molecule has 16 heavy (non-hydrogen) atoms. The van der Waals surface area contributed by atoms with Crippen LogP contribution < -0.4 is 4.74 Å². The first-order valence-corrected chi connectivity index (χ1v) is 5.70. The molecule has 0 unspecified atom stereocenters. The molecule has 4 heteroatoms. The quantitative estimate of drug-likeness (QED) is 0.761. The number of ether oxygens (including phenoxy) is 1. The largest absolute Gasteiger partial charge is 0.454 e. The lowest BCUT2D eigenvalue weighted by molar-refractivity contribution is 0.481. The first-order chi connectivity index (χ1) is 7.81. The van der Waals surface area contributed by atoms with Gasteiger partial charge in [-0.2, -0.15) is 5.10 Å². The first kappa shape index (κ1) is 11.0. The number of alkyl halides is 1. The molecule has 0 radical (unpaired) electrons. The Morgan fingerprint density at radius 3 is 2.56 bits per heavy atom. The predicted molar refractivity (Wildman–Crippen MR) is 64.0 cm³/mol. The molecule has 0 aliphatic carbocycles. The Bertz CT molecular complexity index is 450. The molecule has 1 aromatic heterocycles. The number of hydrogen-bond acceptors (Lipinski definition) is 2. The topological polar surface area (TPSA) is 27.1 Å². The van der Waals surface area contributed by atoms with Crippen molar-refractivity contribution in [3.05, 3.63) is 42.2 Å². The van der Waals surface area contributed by atoms with Gasteiger partial charge in [-0.1, -0.05) is 12.1 Å². The van der Waals surface area contributed by atoms with E-state index < -0.39 is 0 Å². The van der Waals surface area contributed by atoms with Gasteiger partial charge in [0.2, 0.25) is 0 Å². The summed E-state index contributed by atoms with van der Waals surface area (Å²) in [5.41, 5.74) is 1.08. The minimum Gasteiger partial charge on any atom is -0.454 e. The van der Waals surface area contributed by atoms with Crippen LogP contribution in [0.3, 0.4) is 0 Å². The predicted octanol–water partition coefficient (Wildman–Crippen LogP) is 3.43. The third-order valence-corrected chi connectivity index (χ3v) is 2.56. The van der Waals surface area contributed by atoms with Crippen LogP contribution in [0, 0.1) is 0 Å². The number of benzene rings is 1. The molecule has 2 aromatic rings. The third kappa shape index (κ3) is 2.55. The Balaban J connectivity index is 2.08. The van der Waals surface area contributed by atoms with Crippen molar-refractivity contribution in [1.82, 2.24) is 9.78 Å². The Morgan fingerprint density at radius 1 is 1.25 bits per heavy atom. The fourth-order valence-electron chi connectivity index (χ4n) is 1.35. The zero-order chi connectivity index (χ0) is 11.4. The van der Waals surface area contributed by atoms with Crippen molar-refractivity contribution in [2.45, 2.75) is 19.3 Å². The van der Waals surface area contributed by atoms with E-state index in [0.29, 0.717) is 5.88 Å². The van der Waals surface area contributed by atoms with Crippen molar-refractivity contribution in [1.29, 1.82) is 0 Å². The minimum atomic E-state index is 0.522. The second-order valence-electron chi connectivity index (χ2n) is 3.41. The van der Waals surface area contributed by atoms with Crippen molar-refractivity contribution < 1.29 is 4.74 Å². The van der Waals surface area contributed by atoms with Crippen LogP contribution in [0.4, 0.5) is 0 Å². The van der Waals surface area contributed by atoms with E-state index >= 15 is 0 Å². The van der Waals surface area contributed by atoms with Crippen LogP contribution in [0.25, 0.3) is 0 Å². The standard InChI is InChI=1S/C12H13ClN2O/c1-2-15-9-12(8-14-15)16-11-5-3-10(7-13)4-6-11/h3-6,8-9H,2,7H2,1H3. The van der Waals surface area contributed by atoms with Gasteiger partial charge in [-0.25, -0.2) is 0 Å². The molecule has 1 heterocycles. The molecule has 1 aromatic carbocycles. The highest BCUT2D eigenvalue weighted by molar-refractivity contribution is 6.17. The molecule has 0 atom stereocenters. The average molecular weight is 237 g/mol. The fraction of sp³-hybridized carbons (Fsp3) is 0.250. The van der Waals surface area contributed by atoms with Gasteiger partial charge in [0, 0.05) is 12.4 Å². The maximum absolute atomic E-state index is 5.71. The SMILES string of the molecule is CCn1cc(Oc2ccc(CCl)cc2)cn1. The summed E-state index contributed by atoms with van der Waals surface area (Å²) >= 11 is 5.71. The lowest BCUT2D eigenvalue weighted by Crippen LogP contribution is -1.92. The molecular formula is C12H13ClN2O. The van der Waals surface area contributed by atoms with Crippen LogP contribution in [0.15, 0.2) is 36.7 Å². The Hall–Kier alpha value is -1.48. The summed E-state index contributed by atoms with van der Waals surface area (Å²) in [5.74, 6) is 2.07. The summed E-state index contributed by atoms with van der Waals surface area (Å²) in [6.07, 6.45) is 3.58. The normalized spacial score (nSPS) is 10.4. The molecule has 0 bridgehead atoms. The maximum Gasteiger partial charge on any atom is 0.165 e. The van der Waals surface area contributed by atoms with E-state index in [1.165, 1.54) is 0 Å². The van der Waals surface area contributed by atoms with Gasteiger partial charge in [-0.15, -0.1) is 11.6 Å². The van der Waals surface area contributed by atoms with E-state index in [-0.39, 0.29) is 0 Å². The van der Waals surface area contributed by atoms with Crippen molar-refractivity contribution in [3.63, 3.8) is 0 Å². The monoisotopic (exact) mass is 236 g/mol. The number of nitrogens with zero attached hydrogens (tertiary/aromatic N) is 2. The van der Waals surface area contributed by atoms with Gasteiger partial charge >= 0.3 is 0 Å². The number of halogens is 1. The molecule has 0 amide bonds. The molecule has 84 valence electrons. The van der Waals surface area contributed by atoms with E-state index in [1.54, 1.807) is 6.20 Å². The zero-order valence-corrected chi connectivity index (χ0v) is 9.81. The zero-order valence-electron chi connectivity index (χ0n) is 9.06. The van der Waals surface area contributed by atoms with Gasteiger partial charge in [0.05, 0.1) is 12.4 Å². The summed E-state index contributed by atoms with van der Waals surface area (Å²) in [6.45, 7) is 2.88. The van der Waals surface area contributed by atoms with Gasteiger partial charge < -0.3 is 4.74 Å². The highest BCUT2D eigenvalue weighted by Gasteiger charge is 2.00. The number of aromatic nitrogens is 2. The average Bonchev–Trinajstić information content (AvgIpc) is 2.78. The molecule has 0 fully saturated rings. The highest BCUT2D eigenvalue weighted by atomic mass is 35.5. The van der Waals surface area contributed by atoms with Gasteiger partial charge in [-0.3, -0.25) is 4.68 Å². The first-order valence-electron chi connectivity index (χ1n) is 5.17. The lowest BCUT2D eigenvalue weighted by Gasteiger charge is -2.02. The van der Waals surface area contributed by atoms with Crippen LogP contribution in [0.5, 0.6) is 11.5 Å². The summed E-state index contributed by atoms with van der Waals surface area (Å²) < 4.78 is 7.46. The smallest absolute Gasteiger partial charge is 0.165 e. The second-order valence-corrected chi connectivity index (χ2v) is 3.68. The molecule has 0 saturated carbocycles. The number of rotatable bonds is 4. The molecule has 0 saturated heterocycles. The summed E-state index contributed by atoms with van der Waals surface area (Å²) in [6, 6.07) is 7.71.